The summed E-state index contributed by atoms with van der Waals surface area (Å²) in [4.78, 5) is 0. The fraction of sp³-hybridized carbons (Fsp3) is 0.100. The van der Waals surface area contributed by atoms with E-state index in [9.17, 15) is 0 Å². The lowest BCUT2D eigenvalue weighted by Gasteiger charge is -1.95. The summed E-state index contributed by atoms with van der Waals surface area (Å²) in [6, 6.07) is 7.57. The van der Waals surface area contributed by atoms with Crippen molar-refractivity contribution in [3.05, 3.63) is 36.9 Å². The summed E-state index contributed by atoms with van der Waals surface area (Å²) >= 11 is 0. The van der Waals surface area contributed by atoms with Crippen LogP contribution in [0.15, 0.2) is 41.4 Å². The van der Waals surface area contributed by atoms with Gasteiger partial charge < -0.3 is 9.26 Å². The van der Waals surface area contributed by atoms with E-state index in [2.05, 4.69) is 11.7 Å². The fourth-order valence-corrected chi connectivity index (χ4v) is 1.10. The maximum atomic E-state index is 5.29. The number of rotatable bonds is 3. The van der Waals surface area contributed by atoms with E-state index in [0.29, 0.717) is 12.5 Å². The average molecular weight is 175 g/mol. The van der Waals surface area contributed by atoms with Gasteiger partial charge in [0.25, 0.3) is 5.88 Å². The van der Waals surface area contributed by atoms with Crippen LogP contribution in [0.2, 0.25) is 0 Å². The number of aromatic nitrogens is 1. The number of ether oxygens (including phenoxy) is 1. The highest BCUT2D eigenvalue weighted by Gasteiger charge is 2.06. The average Bonchev–Trinajstić information content (AvgIpc) is 2.58. The van der Waals surface area contributed by atoms with Crippen LogP contribution in [-0.4, -0.2) is 11.8 Å². The molecule has 0 aliphatic carbocycles. The van der Waals surface area contributed by atoms with E-state index in [1.165, 1.54) is 0 Å². The van der Waals surface area contributed by atoms with Gasteiger partial charge in [-0.1, -0.05) is 24.8 Å². The summed E-state index contributed by atoms with van der Waals surface area (Å²) in [6.07, 6.45) is 1.67. The molecule has 1 aromatic heterocycles. The van der Waals surface area contributed by atoms with Gasteiger partial charge in [0.1, 0.15) is 6.61 Å². The van der Waals surface area contributed by atoms with E-state index in [1.54, 1.807) is 6.08 Å². The van der Waals surface area contributed by atoms with E-state index in [0.717, 1.165) is 11.0 Å². The molecule has 0 bridgehead atoms. The molecule has 0 aliphatic heterocycles. The Kier molecular flexibility index (Phi) is 2.00. The summed E-state index contributed by atoms with van der Waals surface area (Å²) in [7, 11) is 0. The van der Waals surface area contributed by atoms with Crippen molar-refractivity contribution in [1.82, 2.24) is 5.16 Å². The second-order valence-electron chi connectivity index (χ2n) is 2.58. The molecule has 0 N–H and O–H groups in total. The minimum Gasteiger partial charge on any atom is -0.471 e. The molecule has 0 aliphatic rings. The Morgan fingerprint density at radius 2 is 2.31 bits per heavy atom. The molecule has 3 nitrogen and oxygen atoms in total. The van der Waals surface area contributed by atoms with E-state index < -0.39 is 0 Å². The molecule has 0 fully saturated rings. The minimum absolute atomic E-state index is 0.441. The van der Waals surface area contributed by atoms with E-state index in [-0.39, 0.29) is 0 Å². The van der Waals surface area contributed by atoms with Crippen LogP contribution < -0.4 is 4.74 Å². The summed E-state index contributed by atoms with van der Waals surface area (Å²) in [6.45, 7) is 4.00. The SMILES string of the molecule is C=CCOc1noc2ccccc12. The van der Waals surface area contributed by atoms with Gasteiger partial charge in [-0.15, -0.1) is 0 Å². The van der Waals surface area contributed by atoms with Crippen LogP contribution in [0.3, 0.4) is 0 Å². The van der Waals surface area contributed by atoms with Crippen molar-refractivity contribution >= 4 is 11.0 Å². The predicted octanol–water partition coefficient (Wildman–Crippen LogP) is 2.39. The summed E-state index contributed by atoms with van der Waals surface area (Å²) in [5.74, 6) is 0.524. The first-order valence-corrected chi connectivity index (χ1v) is 4.00. The second kappa shape index (κ2) is 3.31. The van der Waals surface area contributed by atoms with Crippen molar-refractivity contribution in [2.24, 2.45) is 0 Å². The van der Waals surface area contributed by atoms with Crippen molar-refractivity contribution in [3.8, 4) is 5.88 Å². The highest BCUT2D eigenvalue weighted by atomic mass is 16.5. The van der Waals surface area contributed by atoms with Crippen LogP contribution in [-0.2, 0) is 0 Å². The Bertz CT molecular complexity index is 420. The van der Waals surface area contributed by atoms with Crippen molar-refractivity contribution in [2.45, 2.75) is 0 Å². The summed E-state index contributed by atoms with van der Waals surface area (Å²) in [5.41, 5.74) is 0.738. The Morgan fingerprint density at radius 3 is 3.15 bits per heavy atom. The number of hydrogen-bond donors (Lipinski definition) is 0. The Morgan fingerprint density at radius 1 is 1.46 bits per heavy atom. The molecule has 2 aromatic rings. The molecule has 0 spiro atoms. The normalized spacial score (nSPS) is 10.2. The molecule has 66 valence electrons. The van der Waals surface area contributed by atoms with Gasteiger partial charge in [0.05, 0.1) is 5.39 Å². The molecular weight excluding hydrogens is 166 g/mol. The molecule has 2 rings (SSSR count). The van der Waals surface area contributed by atoms with Crippen molar-refractivity contribution in [2.75, 3.05) is 6.61 Å². The lowest BCUT2D eigenvalue weighted by Crippen LogP contribution is -1.92. The predicted molar refractivity (Wildman–Crippen MR) is 49.7 cm³/mol. The van der Waals surface area contributed by atoms with E-state index in [1.807, 2.05) is 24.3 Å². The maximum absolute atomic E-state index is 5.29. The molecule has 1 heterocycles. The van der Waals surface area contributed by atoms with Gasteiger partial charge in [0.2, 0.25) is 0 Å². The zero-order valence-electron chi connectivity index (χ0n) is 7.06. The minimum atomic E-state index is 0.441. The topological polar surface area (TPSA) is 35.3 Å². The third kappa shape index (κ3) is 1.40. The zero-order chi connectivity index (χ0) is 9.10. The van der Waals surface area contributed by atoms with Gasteiger partial charge in [-0.25, -0.2) is 0 Å². The number of hydrogen-bond acceptors (Lipinski definition) is 3. The standard InChI is InChI=1S/C10H9NO2/c1-2-7-12-10-8-5-3-4-6-9(8)13-11-10/h2-6H,1,7H2. The van der Waals surface area contributed by atoms with Crippen molar-refractivity contribution in [1.29, 1.82) is 0 Å². The van der Waals surface area contributed by atoms with Gasteiger partial charge in [0, 0.05) is 0 Å². The molecule has 0 amide bonds. The van der Waals surface area contributed by atoms with E-state index >= 15 is 0 Å². The van der Waals surface area contributed by atoms with Crippen LogP contribution in [0.4, 0.5) is 0 Å². The Hall–Kier alpha value is -1.77. The number of nitrogens with zero attached hydrogens (tertiary/aromatic N) is 1. The van der Waals surface area contributed by atoms with Crippen molar-refractivity contribution < 1.29 is 9.26 Å². The van der Waals surface area contributed by atoms with Crippen LogP contribution in [0.1, 0.15) is 0 Å². The van der Waals surface area contributed by atoms with E-state index in [4.69, 9.17) is 9.26 Å². The van der Waals surface area contributed by atoms with Crippen LogP contribution >= 0.6 is 0 Å². The highest BCUT2D eigenvalue weighted by molar-refractivity contribution is 5.81. The number of benzene rings is 1. The van der Waals surface area contributed by atoms with Crippen LogP contribution in [0, 0.1) is 0 Å². The monoisotopic (exact) mass is 175 g/mol. The first-order valence-electron chi connectivity index (χ1n) is 4.00. The molecule has 0 saturated carbocycles. The van der Waals surface area contributed by atoms with Gasteiger partial charge >= 0.3 is 0 Å². The number of fused-ring (bicyclic) bond motifs is 1. The van der Waals surface area contributed by atoms with Crippen LogP contribution in [0.25, 0.3) is 11.0 Å². The van der Waals surface area contributed by atoms with Gasteiger partial charge in [-0.3, -0.25) is 0 Å². The number of para-hydroxylation sites is 1. The molecule has 1 aromatic carbocycles. The van der Waals surface area contributed by atoms with Gasteiger partial charge in [-0.2, -0.15) is 0 Å². The lowest BCUT2D eigenvalue weighted by molar-refractivity contribution is 0.317. The third-order valence-electron chi connectivity index (χ3n) is 1.68. The second-order valence-corrected chi connectivity index (χ2v) is 2.58. The molecule has 13 heavy (non-hydrogen) atoms. The van der Waals surface area contributed by atoms with Crippen molar-refractivity contribution in [3.63, 3.8) is 0 Å². The zero-order valence-corrected chi connectivity index (χ0v) is 7.06. The van der Waals surface area contributed by atoms with Gasteiger partial charge in [0.15, 0.2) is 5.58 Å². The quantitative estimate of drug-likeness (QED) is 0.672. The highest BCUT2D eigenvalue weighted by Crippen LogP contribution is 2.23. The first-order chi connectivity index (χ1) is 6.42. The smallest absolute Gasteiger partial charge is 0.262 e. The fourth-order valence-electron chi connectivity index (χ4n) is 1.10. The summed E-state index contributed by atoms with van der Waals surface area (Å²) in [5, 5.41) is 4.68. The summed E-state index contributed by atoms with van der Waals surface area (Å²) < 4.78 is 10.3. The molecule has 0 unspecified atom stereocenters. The lowest BCUT2D eigenvalue weighted by atomic mass is 10.3. The maximum Gasteiger partial charge on any atom is 0.262 e. The third-order valence-corrected chi connectivity index (χ3v) is 1.68. The molecule has 0 atom stereocenters. The Balaban J connectivity index is 2.40. The van der Waals surface area contributed by atoms with Crippen LogP contribution in [0.5, 0.6) is 5.88 Å². The molecule has 0 radical (unpaired) electrons. The molecular formula is C10H9NO2. The Labute approximate surface area is 75.6 Å². The largest absolute Gasteiger partial charge is 0.471 e. The first kappa shape index (κ1) is 7.86. The molecule has 3 heteroatoms. The molecule has 0 saturated heterocycles. The van der Waals surface area contributed by atoms with Gasteiger partial charge in [-0.05, 0) is 17.3 Å².